The van der Waals surface area contributed by atoms with Gasteiger partial charge in [0.1, 0.15) is 4.21 Å². The summed E-state index contributed by atoms with van der Waals surface area (Å²) in [7, 11) is -2.08. The molecule has 0 saturated carbocycles. The highest BCUT2D eigenvalue weighted by molar-refractivity contribution is 7.94. The summed E-state index contributed by atoms with van der Waals surface area (Å²) in [6, 6.07) is 16.3. The lowest BCUT2D eigenvalue weighted by Crippen LogP contribution is -2.27. The van der Waals surface area contributed by atoms with Gasteiger partial charge < -0.3 is 5.32 Å². The van der Waals surface area contributed by atoms with E-state index >= 15 is 0 Å². The van der Waals surface area contributed by atoms with Crippen LogP contribution in [0.5, 0.6) is 0 Å². The van der Waals surface area contributed by atoms with Crippen LogP contribution < -0.4 is 9.62 Å². The molecule has 0 saturated heterocycles. The van der Waals surface area contributed by atoms with Gasteiger partial charge in [0, 0.05) is 12.6 Å². The lowest BCUT2D eigenvalue weighted by Gasteiger charge is -2.20. The fraction of sp³-hybridized carbons (Fsp3) is 0.292. The van der Waals surface area contributed by atoms with Crippen LogP contribution in [0, 0.1) is 0 Å². The minimum absolute atomic E-state index is 0.110. The Morgan fingerprint density at radius 1 is 1.03 bits per heavy atom. The summed E-state index contributed by atoms with van der Waals surface area (Å²) in [5.74, 6) is -0.180. The van der Waals surface area contributed by atoms with Crippen molar-refractivity contribution in [3.63, 3.8) is 0 Å². The largest absolute Gasteiger partial charge is 0.346 e. The average molecular weight is 455 g/mol. The number of benzene rings is 2. The van der Waals surface area contributed by atoms with E-state index in [2.05, 4.69) is 23.5 Å². The second-order valence-corrected chi connectivity index (χ2v) is 11.0. The van der Waals surface area contributed by atoms with E-state index in [0.29, 0.717) is 11.3 Å². The van der Waals surface area contributed by atoms with Gasteiger partial charge in [-0.3, -0.25) is 9.10 Å². The Kier molecular flexibility index (Phi) is 6.16. The summed E-state index contributed by atoms with van der Waals surface area (Å²) in [6.07, 6.45) is 4.71. The SMILES string of the molecule is C[C@@H](NC(=O)c1ccc(N(C)S(=O)(=O)c2cccs2)cc1)c1ccc2c(c1)CCCC2. The molecule has 3 aromatic rings. The first-order valence-electron chi connectivity index (χ1n) is 10.4. The maximum absolute atomic E-state index is 12.7. The summed E-state index contributed by atoms with van der Waals surface area (Å²) in [4.78, 5) is 12.7. The summed E-state index contributed by atoms with van der Waals surface area (Å²) < 4.78 is 26.9. The van der Waals surface area contributed by atoms with Crippen molar-refractivity contribution in [3.8, 4) is 0 Å². The van der Waals surface area contributed by atoms with Crippen molar-refractivity contribution in [2.45, 2.75) is 42.9 Å². The maximum Gasteiger partial charge on any atom is 0.273 e. The Morgan fingerprint density at radius 2 is 1.74 bits per heavy atom. The molecule has 1 aliphatic rings. The molecule has 0 aliphatic heterocycles. The van der Waals surface area contributed by atoms with Crippen molar-refractivity contribution >= 4 is 33.0 Å². The van der Waals surface area contributed by atoms with Gasteiger partial charge in [-0.05, 0) is 85.0 Å². The van der Waals surface area contributed by atoms with E-state index in [4.69, 9.17) is 0 Å². The fourth-order valence-corrected chi connectivity index (χ4v) is 6.25. The molecule has 1 heterocycles. The number of anilines is 1. The number of carbonyl (C=O) groups excluding carboxylic acids is 1. The molecule has 7 heteroatoms. The number of hydrogen-bond acceptors (Lipinski definition) is 4. The van der Waals surface area contributed by atoms with Gasteiger partial charge in [-0.1, -0.05) is 24.3 Å². The molecule has 1 N–H and O–H groups in total. The van der Waals surface area contributed by atoms with Crippen molar-refractivity contribution in [2.75, 3.05) is 11.4 Å². The summed E-state index contributed by atoms with van der Waals surface area (Å²) in [5.41, 5.74) is 4.92. The standard InChI is InChI=1S/C24H26N2O3S2/c1-17(20-10-9-18-6-3-4-7-21(18)16-20)25-24(27)19-11-13-22(14-12-19)26(2)31(28,29)23-8-5-15-30-23/h5,8-17H,3-4,6-7H2,1-2H3,(H,25,27)/t17-/m1/s1. The van der Waals surface area contributed by atoms with E-state index in [1.807, 2.05) is 6.92 Å². The number of thiophene rings is 1. The van der Waals surface area contributed by atoms with Crippen LogP contribution in [0.2, 0.25) is 0 Å². The van der Waals surface area contributed by atoms with Gasteiger partial charge in [0.2, 0.25) is 0 Å². The molecule has 2 aromatic carbocycles. The molecule has 1 aliphatic carbocycles. The van der Waals surface area contributed by atoms with E-state index in [1.165, 1.54) is 46.7 Å². The second-order valence-electron chi connectivity index (χ2n) is 7.88. The molecule has 4 rings (SSSR count). The number of aryl methyl sites for hydroxylation is 2. The lowest BCUT2D eigenvalue weighted by atomic mass is 9.89. The third-order valence-corrected chi connectivity index (χ3v) is 8.98. The van der Waals surface area contributed by atoms with E-state index in [1.54, 1.807) is 41.8 Å². The topological polar surface area (TPSA) is 66.5 Å². The Bertz CT molecular complexity index is 1170. The highest BCUT2D eigenvalue weighted by Gasteiger charge is 2.22. The van der Waals surface area contributed by atoms with Gasteiger partial charge in [0.05, 0.1) is 11.7 Å². The Hall–Kier alpha value is -2.64. The van der Waals surface area contributed by atoms with Crippen LogP contribution in [-0.2, 0) is 22.9 Å². The zero-order chi connectivity index (χ0) is 22.0. The van der Waals surface area contributed by atoms with Crippen LogP contribution in [0.25, 0.3) is 0 Å². The van der Waals surface area contributed by atoms with E-state index in [-0.39, 0.29) is 16.2 Å². The second kappa shape index (κ2) is 8.85. The van der Waals surface area contributed by atoms with E-state index < -0.39 is 10.0 Å². The normalized spacial score (nSPS) is 14.5. The number of carbonyl (C=O) groups is 1. The fourth-order valence-electron chi connectivity index (χ4n) is 3.89. The maximum atomic E-state index is 12.7. The Morgan fingerprint density at radius 3 is 2.42 bits per heavy atom. The van der Waals surface area contributed by atoms with Gasteiger partial charge in [0.15, 0.2) is 0 Å². The summed E-state index contributed by atoms with van der Waals surface area (Å²) >= 11 is 1.18. The highest BCUT2D eigenvalue weighted by atomic mass is 32.2. The monoisotopic (exact) mass is 454 g/mol. The molecular weight excluding hydrogens is 428 g/mol. The zero-order valence-electron chi connectivity index (χ0n) is 17.7. The van der Waals surface area contributed by atoms with Crippen LogP contribution in [0.3, 0.4) is 0 Å². The molecule has 1 atom stereocenters. The van der Waals surface area contributed by atoms with Gasteiger partial charge in [-0.15, -0.1) is 11.3 Å². The van der Waals surface area contributed by atoms with Crippen LogP contribution in [-0.4, -0.2) is 21.4 Å². The number of rotatable bonds is 6. The molecule has 1 amide bonds. The van der Waals surface area contributed by atoms with Crippen LogP contribution in [0.1, 0.15) is 52.9 Å². The number of hydrogen-bond donors (Lipinski definition) is 1. The Labute approximate surface area is 187 Å². The smallest absolute Gasteiger partial charge is 0.273 e. The average Bonchev–Trinajstić information content (AvgIpc) is 3.34. The minimum atomic E-state index is -3.59. The van der Waals surface area contributed by atoms with E-state index in [9.17, 15) is 13.2 Å². The third-order valence-electron chi connectivity index (χ3n) is 5.82. The molecule has 162 valence electrons. The molecule has 0 fully saturated rings. The molecule has 31 heavy (non-hydrogen) atoms. The first kappa shape index (κ1) is 21.6. The first-order chi connectivity index (χ1) is 14.9. The van der Waals surface area contributed by atoms with Crippen LogP contribution in [0.15, 0.2) is 64.2 Å². The number of nitrogens with zero attached hydrogens (tertiary/aromatic N) is 1. The predicted octanol–water partition coefficient (Wildman–Crippen LogP) is 4.94. The molecule has 0 radical (unpaired) electrons. The molecular formula is C24H26N2O3S2. The highest BCUT2D eigenvalue weighted by Crippen LogP contribution is 2.27. The number of fused-ring (bicyclic) bond motifs is 1. The Balaban J connectivity index is 1.45. The molecule has 5 nitrogen and oxygen atoms in total. The molecule has 0 unspecified atom stereocenters. The van der Waals surface area contributed by atoms with Crippen molar-refractivity contribution < 1.29 is 13.2 Å². The summed E-state index contributed by atoms with van der Waals surface area (Å²) in [5, 5.41) is 4.79. The minimum Gasteiger partial charge on any atom is -0.346 e. The quantitative estimate of drug-likeness (QED) is 0.573. The van der Waals surface area contributed by atoms with Crippen molar-refractivity contribution in [1.29, 1.82) is 0 Å². The van der Waals surface area contributed by atoms with E-state index in [0.717, 1.165) is 18.4 Å². The molecule has 0 bridgehead atoms. The third kappa shape index (κ3) is 4.52. The van der Waals surface area contributed by atoms with Gasteiger partial charge in [0.25, 0.3) is 15.9 Å². The van der Waals surface area contributed by atoms with Crippen molar-refractivity contribution in [3.05, 3.63) is 82.2 Å². The van der Waals surface area contributed by atoms with Crippen molar-refractivity contribution in [1.82, 2.24) is 5.32 Å². The van der Waals surface area contributed by atoms with Crippen LogP contribution in [0.4, 0.5) is 5.69 Å². The lowest BCUT2D eigenvalue weighted by molar-refractivity contribution is 0.0940. The number of nitrogens with one attached hydrogen (secondary N) is 1. The molecule has 0 spiro atoms. The number of sulfonamides is 1. The van der Waals surface area contributed by atoms with Gasteiger partial charge >= 0.3 is 0 Å². The molecule has 1 aromatic heterocycles. The van der Waals surface area contributed by atoms with Crippen molar-refractivity contribution in [2.24, 2.45) is 0 Å². The summed E-state index contributed by atoms with van der Waals surface area (Å²) in [6.45, 7) is 1.98. The zero-order valence-corrected chi connectivity index (χ0v) is 19.3. The van der Waals surface area contributed by atoms with Gasteiger partial charge in [-0.2, -0.15) is 0 Å². The van der Waals surface area contributed by atoms with Crippen LogP contribution >= 0.6 is 11.3 Å². The first-order valence-corrected chi connectivity index (χ1v) is 12.7. The predicted molar refractivity (Wildman–Crippen MR) is 125 cm³/mol. The number of amides is 1. The van der Waals surface area contributed by atoms with Gasteiger partial charge in [-0.25, -0.2) is 8.42 Å².